The SMILES string of the molecule is CCNC(=O)[C@@H](C)N(Cc1c(Cl)cccc1Cl)C(=O)CN(c1ccccc1OC)S(=O)(=O)c1ccc(C)cc1. The average Bonchev–Trinajstić information content (AvgIpc) is 2.91. The molecule has 39 heavy (non-hydrogen) atoms. The van der Waals surface area contributed by atoms with Crippen LogP contribution in [-0.4, -0.2) is 51.4 Å². The maximum atomic E-state index is 13.9. The number of hydrogen-bond acceptors (Lipinski definition) is 5. The van der Waals surface area contributed by atoms with Crippen molar-refractivity contribution in [2.45, 2.75) is 38.3 Å². The Morgan fingerprint density at radius 2 is 1.59 bits per heavy atom. The fourth-order valence-corrected chi connectivity index (χ4v) is 5.89. The van der Waals surface area contributed by atoms with Gasteiger partial charge in [-0.05, 0) is 57.2 Å². The van der Waals surface area contributed by atoms with Gasteiger partial charge in [-0.15, -0.1) is 0 Å². The van der Waals surface area contributed by atoms with Crippen LogP contribution in [0.5, 0.6) is 5.75 Å². The van der Waals surface area contributed by atoms with Crippen LogP contribution >= 0.6 is 23.2 Å². The summed E-state index contributed by atoms with van der Waals surface area (Å²) in [6, 6.07) is 16.8. The van der Waals surface area contributed by atoms with E-state index in [0.29, 0.717) is 22.2 Å². The van der Waals surface area contributed by atoms with Gasteiger partial charge in [0.2, 0.25) is 11.8 Å². The quantitative estimate of drug-likeness (QED) is 0.336. The van der Waals surface area contributed by atoms with Crippen LogP contribution in [0.4, 0.5) is 5.69 Å². The molecule has 0 saturated carbocycles. The molecule has 1 N–H and O–H groups in total. The number of likely N-dealkylation sites (N-methyl/N-ethyl adjacent to an activating group) is 1. The van der Waals surface area contributed by atoms with Crippen LogP contribution in [0.1, 0.15) is 25.0 Å². The number of amides is 2. The van der Waals surface area contributed by atoms with Crippen LogP contribution < -0.4 is 14.4 Å². The Balaban J connectivity index is 2.10. The summed E-state index contributed by atoms with van der Waals surface area (Å²) in [6.07, 6.45) is 0. The summed E-state index contributed by atoms with van der Waals surface area (Å²) < 4.78 is 34.3. The van der Waals surface area contributed by atoms with Gasteiger partial charge >= 0.3 is 0 Å². The monoisotopic (exact) mass is 591 g/mol. The van der Waals surface area contributed by atoms with Gasteiger partial charge in [0.05, 0.1) is 17.7 Å². The van der Waals surface area contributed by atoms with Crippen molar-refractivity contribution in [3.05, 3.63) is 87.9 Å². The average molecular weight is 593 g/mol. The second kappa shape index (κ2) is 13.2. The molecule has 0 unspecified atom stereocenters. The molecule has 0 bridgehead atoms. The van der Waals surface area contributed by atoms with E-state index in [1.165, 1.54) is 24.1 Å². The molecule has 2 amide bonds. The fourth-order valence-electron chi connectivity index (χ4n) is 3.94. The number of nitrogens with one attached hydrogen (secondary N) is 1. The molecule has 0 saturated heterocycles. The predicted octanol–water partition coefficient (Wildman–Crippen LogP) is 5.06. The Hall–Kier alpha value is -3.27. The molecular weight excluding hydrogens is 561 g/mol. The van der Waals surface area contributed by atoms with E-state index in [4.69, 9.17) is 27.9 Å². The third kappa shape index (κ3) is 7.03. The minimum Gasteiger partial charge on any atom is -0.495 e. The number of nitrogens with zero attached hydrogens (tertiary/aromatic N) is 2. The van der Waals surface area contributed by atoms with E-state index in [9.17, 15) is 18.0 Å². The van der Waals surface area contributed by atoms with Gasteiger partial charge in [0.1, 0.15) is 18.3 Å². The topological polar surface area (TPSA) is 96.0 Å². The first-order valence-corrected chi connectivity index (χ1v) is 14.4. The van der Waals surface area contributed by atoms with Gasteiger partial charge in [0.15, 0.2) is 0 Å². The zero-order valence-electron chi connectivity index (χ0n) is 22.1. The van der Waals surface area contributed by atoms with Crippen LogP contribution in [0.25, 0.3) is 0 Å². The number of rotatable bonds is 11. The Bertz CT molecular complexity index is 1410. The van der Waals surface area contributed by atoms with Crippen molar-refractivity contribution in [3.63, 3.8) is 0 Å². The molecule has 11 heteroatoms. The van der Waals surface area contributed by atoms with Gasteiger partial charge in [0.25, 0.3) is 10.0 Å². The van der Waals surface area contributed by atoms with Gasteiger partial charge in [0, 0.05) is 28.7 Å². The van der Waals surface area contributed by atoms with Crippen LogP contribution in [0, 0.1) is 6.92 Å². The number of carbonyl (C=O) groups excluding carboxylic acids is 2. The van der Waals surface area contributed by atoms with E-state index < -0.39 is 34.4 Å². The summed E-state index contributed by atoms with van der Waals surface area (Å²) >= 11 is 12.8. The van der Waals surface area contributed by atoms with E-state index in [1.807, 2.05) is 6.92 Å². The number of aryl methyl sites for hydroxylation is 1. The third-order valence-electron chi connectivity index (χ3n) is 6.15. The second-order valence-electron chi connectivity index (χ2n) is 8.79. The number of ether oxygens (including phenoxy) is 1. The lowest BCUT2D eigenvalue weighted by Gasteiger charge is -2.32. The summed E-state index contributed by atoms with van der Waals surface area (Å²) in [4.78, 5) is 28.1. The standard InChI is InChI=1S/C28H31Cl2N3O5S/c1-5-31-28(35)20(3)32(17-22-23(29)9-8-10-24(22)30)27(34)18-33(25-11-6-7-12-26(25)38-4)39(36,37)21-15-13-19(2)14-16-21/h6-16,20H,5,17-18H2,1-4H3,(H,31,35)/t20-/m1/s1. The fraction of sp³-hybridized carbons (Fsp3) is 0.286. The zero-order chi connectivity index (χ0) is 28.7. The van der Waals surface area contributed by atoms with Crippen LogP contribution in [-0.2, 0) is 26.2 Å². The molecule has 0 fully saturated rings. The molecule has 0 aliphatic heterocycles. The third-order valence-corrected chi connectivity index (χ3v) is 8.63. The van der Waals surface area contributed by atoms with Gasteiger partial charge in [-0.1, -0.05) is 59.1 Å². The molecule has 3 aromatic rings. The van der Waals surface area contributed by atoms with Crippen molar-refractivity contribution in [2.24, 2.45) is 0 Å². The minimum absolute atomic E-state index is 0.00396. The molecule has 3 aromatic carbocycles. The number of methoxy groups -OCH3 is 1. The van der Waals surface area contributed by atoms with Crippen molar-refractivity contribution >= 4 is 50.7 Å². The van der Waals surface area contributed by atoms with E-state index in [-0.39, 0.29) is 22.9 Å². The Morgan fingerprint density at radius 3 is 2.18 bits per heavy atom. The highest BCUT2D eigenvalue weighted by atomic mass is 35.5. The summed E-state index contributed by atoms with van der Waals surface area (Å²) in [7, 11) is -2.81. The first kappa shape index (κ1) is 30.3. The largest absolute Gasteiger partial charge is 0.495 e. The summed E-state index contributed by atoms with van der Waals surface area (Å²) in [5.74, 6) is -0.774. The number of anilines is 1. The lowest BCUT2D eigenvalue weighted by atomic mass is 10.1. The summed E-state index contributed by atoms with van der Waals surface area (Å²) in [5.41, 5.74) is 1.50. The molecule has 0 aliphatic rings. The number of carbonyl (C=O) groups is 2. The van der Waals surface area contributed by atoms with Crippen molar-refractivity contribution < 1.29 is 22.7 Å². The molecule has 0 aliphatic carbocycles. The smallest absolute Gasteiger partial charge is 0.264 e. The highest BCUT2D eigenvalue weighted by Crippen LogP contribution is 2.33. The molecule has 0 heterocycles. The van der Waals surface area contributed by atoms with Crippen molar-refractivity contribution in [1.29, 1.82) is 0 Å². The number of sulfonamides is 1. The Kier molecular flexibility index (Phi) is 10.2. The minimum atomic E-state index is -4.22. The van der Waals surface area contributed by atoms with Crippen LogP contribution in [0.2, 0.25) is 10.0 Å². The molecule has 0 aromatic heterocycles. The molecular formula is C28H31Cl2N3O5S. The Labute approximate surface area is 239 Å². The predicted molar refractivity (Wildman–Crippen MR) is 154 cm³/mol. The molecule has 1 atom stereocenters. The van der Waals surface area contributed by atoms with Crippen molar-refractivity contribution in [2.75, 3.05) is 24.5 Å². The number of hydrogen-bond donors (Lipinski definition) is 1. The van der Waals surface area contributed by atoms with E-state index in [1.54, 1.807) is 68.4 Å². The maximum absolute atomic E-state index is 13.9. The second-order valence-corrected chi connectivity index (χ2v) is 11.5. The first-order valence-electron chi connectivity index (χ1n) is 12.2. The number of para-hydroxylation sites is 2. The maximum Gasteiger partial charge on any atom is 0.264 e. The van der Waals surface area contributed by atoms with Gasteiger partial charge in [-0.2, -0.15) is 0 Å². The zero-order valence-corrected chi connectivity index (χ0v) is 24.5. The highest BCUT2D eigenvalue weighted by Gasteiger charge is 2.34. The number of benzene rings is 3. The van der Waals surface area contributed by atoms with E-state index >= 15 is 0 Å². The van der Waals surface area contributed by atoms with E-state index in [0.717, 1.165) is 9.87 Å². The Morgan fingerprint density at radius 1 is 0.974 bits per heavy atom. The first-order chi connectivity index (χ1) is 18.5. The summed E-state index contributed by atoms with van der Waals surface area (Å²) in [6.45, 7) is 4.81. The summed E-state index contributed by atoms with van der Waals surface area (Å²) in [5, 5.41) is 3.34. The number of halogens is 2. The normalized spacial score (nSPS) is 11.9. The van der Waals surface area contributed by atoms with E-state index in [2.05, 4.69) is 5.32 Å². The lowest BCUT2D eigenvalue weighted by Crippen LogP contribution is -2.51. The molecule has 8 nitrogen and oxygen atoms in total. The highest BCUT2D eigenvalue weighted by molar-refractivity contribution is 7.92. The molecule has 208 valence electrons. The van der Waals surface area contributed by atoms with Crippen LogP contribution in [0.15, 0.2) is 71.6 Å². The van der Waals surface area contributed by atoms with Gasteiger partial charge in [-0.3, -0.25) is 13.9 Å². The lowest BCUT2D eigenvalue weighted by molar-refractivity contribution is -0.139. The van der Waals surface area contributed by atoms with Crippen molar-refractivity contribution in [1.82, 2.24) is 10.2 Å². The molecule has 0 radical (unpaired) electrons. The van der Waals surface area contributed by atoms with Crippen molar-refractivity contribution in [3.8, 4) is 5.75 Å². The van der Waals surface area contributed by atoms with Gasteiger partial charge < -0.3 is 15.0 Å². The molecule has 0 spiro atoms. The molecule has 3 rings (SSSR count). The van der Waals surface area contributed by atoms with Crippen LogP contribution in [0.3, 0.4) is 0 Å². The van der Waals surface area contributed by atoms with Gasteiger partial charge in [-0.25, -0.2) is 8.42 Å².